The second kappa shape index (κ2) is 7.60. The van der Waals surface area contributed by atoms with Crippen LogP contribution in [0.4, 0.5) is 10.1 Å². The lowest BCUT2D eigenvalue weighted by atomic mass is 10.2. The summed E-state index contributed by atoms with van der Waals surface area (Å²) in [6, 6.07) is 9.06. The van der Waals surface area contributed by atoms with Crippen LogP contribution in [0.5, 0.6) is 5.75 Å². The zero-order chi connectivity index (χ0) is 19.4. The molecule has 0 fully saturated rings. The molecule has 27 heavy (non-hydrogen) atoms. The number of hydrogen-bond donors (Lipinski definition) is 0. The maximum atomic E-state index is 13.0. The van der Waals surface area contributed by atoms with Crippen molar-refractivity contribution < 1.29 is 28.1 Å². The van der Waals surface area contributed by atoms with Gasteiger partial charge in [-0.2, -0.15) is 4.98 Å². The highest BCUT2D eigenvalue weighted by Gasteiger charge is 2.20. The standard InChI is InChI=1S/C17H12FN3O6/c1-25-17(22)11-4-7-13(21(23)24)14(8-11)26-9-15-19-16(20-27-15)10-2-5-12(18)6-3-10/h2-8H,9H2,1H3. The molecule has 0 bridgehead atoms. The van der Waals surface area contributed by atoms with E-state index in [2.05, 4.69) is 14.9 Å². The van der Waals surface area contributed by atoms with Crippen LogP contribution in [0.3, 0.4) is 0 Å². The van der Waals surface area contributed by atoms with Crippen molar-refractivity contribution in [2.24, 2.45) is 0 Å². The van der Waals surface area contributed by atoms with E-state index in [1.54, 1.807) is 0 Å². The molecule has 3 rings (SSSR count). The number of hydrogen-bond acceptors (Lipinski definition) is 8. The maximum absolute atomic E-state index is 13.0. The fourth-order valence-electron chi connectivity index (χ4n) is 2.19. The SMILES string of the molecule is COC(=O)c1ccc([N+](=O)[O-])c(OCc2nc(-c3ccc(F)cc3)no2)c1. The molecule has 0 aliphatic heterocycles. The van der Waals surface area contributed by atoms with Crippen LogP contribution in [0.1, 0.15) is 16.2 Å². The summed E-state index contributed by atoms with van der Waals surface area (Å²) in [6.07, 6.45) is 0. The Labute approximate surface area is 151 Å². The topological polar surface area (TPSA) is 118 Å². The van der Waals surface area contributed by atoms with Crippen LogP contribution < -0.4 is 4.74 Å². The summed E-state index contributed by atoms with van der Waals surface area (Å²) in [5.41, 5.74) is 0.293. The molecule has 0 amide bonds. The fraction of sp³-hybridized carbons (Fsp3) is 0.118. The quantitative estimate of drug-likeness (QED) is 0.367. The van der Waals surface area contributed by atoms with E-state index < -0.39 is 16.7 Å². The Hall–Kier alpha value is -3.82. The van der Waals surface area contributed by atoms with Gasteiger partial charge in [0.25, 0.3) is 5.89 Å². The molecular weight excluding hydrogens is 361 g/mol. The van der Waals surface area contributed by atoms with E-state index in [9.17, 15) is 19.3 Å². The molecule has 2 aromatic carbocycles. The molecule has 1 heterocycles. The van der Waals surface area contributed by atoms with E-state index in [0.29, 0.717) is 5.56 Å². The van der Waals surface area contributed by atoms with E-state index in [-0.39, 0.29) is 35.3 Å². The summed E-state index contributed by atoms with van der Waals surface area (Å²) < 4.78 is 28.0. The first kappa shape index (κ1) is 18.0. The van der Waals surface area contributed by atoms with Crippen LogP contribution in [-0.2, 0) is 11.3 Å². The minimum atomic E-state index is -0.661. The Bertz CT molecular complexity index is 987. The van der Waals surface area contributed by atoms with Gasteiger partial charge in [-0.15, -0.1) is 0 Å². The number of carbonyl (C=O) groups is 1. The summed E-state index contributed by atoms with van der Waals surface area (Å²) in [7, 11) is 1.19. The number of rotatable bonds is 6. The molecule has 0 saturated carbocycles. The number of aromatic nitrogens is 2. The number of ether oxygens (including phenoxy) is 2. The lowest BCUT2D eigenvalue weighted by Crippen LogP contribution is -2.04. The molecule has 9 nitrogen and oxygen atoms in total. The Balaban J connectivity index is 1.79. The van der Waals surface area contributed by atoms with Crippen molar-refractivity contribution in [1.82, 2.24) is 10.1 Å². The molecule has 0 aliphatic rings. The fourth-order valence-corrected chi connectivity index (χ4v) is 2.19. The van der Waals surface area contributed by atoms with Crippen molar-refractivity contribution in [2.75, 3.05) is 7.11 Å². The Morgan fingerprint density at radius 3 is 2.67 bits per heavy atom. The first-order valence-electron chi connectivity index (χ1n) is 7.56. The molecule has 0 saturated heterocycles. The Kier molecular flexibility index (Phi) is 5.06. The third-order valence-electron chi connectivity index (χ3n) is 3.50. The largest absolute Gasteiger partial charge is 0.477 e. The summed E-state index contributed by atoms with van der Waals surface area (Å²) in [5, 5.41) is 14.9. The normalized spacial score (nSPS) is 10.4. The van der Waals surface area contributed by atoms with Crippen LogP contribution in [0, 0.1) is 15.9 Å². The minimum absolute atomic E-state index is 0.0482. The predicted molar refractivity (Wildman–Crippen MR) is 88.5 cm³/mol. The average Bonchev–Trinajstić information content (AvgIpc) is 3.15. The van der Waals surface area contributed by atoms with E-state index in [1.807, 2.05) is 0 Å². The van der Waals surface area contributed by atoms with Gasteiger partial charge >= 0.3 is 11.7 Å². The number of esters is 1. The Morgan fingerprint density at radius 1 is 1.26 bits per heavy atom. The van der Waals surface area contributed by atoms with Gasteiger partial charge in [0, 0.05) is 17.7 Å². The highest BCUT2D eigenvalue weighted by molar-refractivity contribution is 5.90. The van der Waals surface area contributed by atoms with Gasteiger partial charge < -0.3 is 14.0 Å². The van der Waals surface area contributed by atoms with Crippen molar-refractivity contribution >= 4 is 11.7 Å². The van der Waals surface area contributed by atoms with Crippen molar-refractivity contribution in [3.05, 3.63) is 69.9 Å². The molecule has 10 heteroatoms. The lowest BCUT2D eigenvalue weighted by Gasteiger charge is -2.06. The van der Waals surface area contributed by atoms with E-state index >= 15 is 0 Å². The van der Waals surface area contributed by atoms with Crippen LogP contribution >= 0.6 is 0 Å². The first-order valence-corrected chi connectivity index (χ1v) is 7.56. The zero-order valence-electron chi connectivity index (χ0n) is 13.9. The summed E-state index contributed by atoms with van der Waals surface area (Å²) >= 11 is 0. The molecule has 3 aromatic rings. The van der Waals surface area contributed by atoms with E-state index in [4.69, 9.17) is 9.26 Å². The van der Waals surface area contributed by atoms with Crippen LogP contribution in [0.2, 0.25) is 0 Å². The minimum Gasteiger partial charge on any atom is -0.477 e. The number of nitrogens with zero attached hydrogens (tertiary/aromatic N) is 3. The van der Waals surface area contributed by atoms with Crippen molar-refractivity contribution in [3.63, 3.8) is 0 Å². The smallest absolute Gasteiger partial charge is 0.337 e. The number of halogens is 1. The van der Waals surface area contributed by atoms with Gasteiger partial charge in [-0.1, -0.05) is 5.16 Å². The molecule has 138 valence electrons. The molecule has 0 aliphatic carbocycles. The van der Waals surface area contributed by atoms with E-state index in [1.165, 1.54) is 43.5 Å². The summed E-state index contributed by atoms with van der Waals surface area (Å²) in [4.78, 5) is 26.2. The molecule has 0 radical (unpaired) electrons. The second-order valence-electron chi connectivity index (χ2n) is 5.24. The molecular formula is C17H12FN3O6. The highest BCUT2D eigenvalue weighted by Crippen LogP contribution is 2.29. The molecule has 0 N–H and O–H groups in total. The van der Waals surface area contributed by atoms with Crippen molar-refractivity contribution in [2.45, 2.75) is 6.61 Å². The third-order valence-corrected chi connectivity index (χ3v) is 3.50. The van der Waals surface area contributed by atoms with Gasteiger partial charge in [0.1, 0.15) is 5.82 Å². The summed E-state index contributed by atoms with van der Waals surface area (Å²) in [5.74, 6) is -0.947. The number of methoxy groups -OCH3 is 1. The number of benzene rings is 2. The van der Waals surface area contributed by atoms with Crippen molar-refractivity contribution in [1.29, 1.82) is 0 Å². The highest BCUT2D eigenvalue weighted by atomic mass is 19.1. The number of nitro benzene ring substituents is 1. The van der Waals surface area contributed by atoms with Gasteiger partial charge in [0.15, 0.2) is 12.4 Å². The zero-order valence-corrected chi connectivity index (χ0v) is 13.9. The molecule has 0 atom stereocenters. The van der Waals surface area contributed by atoms with E-state index in [0.717, 1.165) is 6.07 Å². The second-order valence-corrected chi connectivity index (χ2v) is 5.24. The van der Waals surface area contributed by atoms with Gasteiger partial charge in [-0.25, -0.2) is 9.18 Å². The van der Waals surface area contributed by atoms with Crippen LogP contribution in [0.15, 0.2) is 47.0 Å². The summed E-state index contributed by atoms with van der Waals surface area (Å²) in [6.45, 7) is -0.264. The predicted octanol–water partition coefficient (Wildman–Crippen LogP) is 3.15. The van der Waals surface area contributed by atoms with Crippen LogP contribution in [-0.4, -0.2) is 28.1 Å². The Morgan fingerprint density at radius 2 is 2.00 bits per heavy atom. The average molecular weight is 373 g/mol. The number of nitro groups is 1. The maximum Gasteiger partial charge on any atom is 0.337 e. The number of carbonyl (C=O) groups excluding carboxylic acids is 1. The van der Waals surface area contributed by atoms with Gasteiger partial charge in [0.05, 0.1) is 17.6 Å². The first-order chi connectivity index (χ1) is 13.0. The third kappa shape index (κ3) is 4.06. The molecule has 0 spiro atoms. The monoisotopic (exact) mass is 373 g/mol. The van der Waals surface area contributed by atoms with Crippen molar-refractivity contribution in [3.8, 4) is 17.1 Å². The van der Waals surface area contributed by atoms with Crippen LogP contribution in [0.25, 0.3) is 11.4 Å². The van der Waals surface area contributed by atoms with Gasteiger partial charge in [0.2, 0.25) is 5.82 Å². The van der Waals surface area contributed by atoms with Gasteiger partial charge in [-0.3, -0.25) is 10.1 Å². The molecule has 1 aromatic heterocycles. The lowest BCUT2D eigenvalue weighted by molar-refractivity contribution is -0.386. The molecule has 0 unspecified atom stereocenters. The van der Waals surface area contributed by atoms with Gasteiger partial charge in [-0.05, 0) is 30.3 Å².